The standard InChI is InChI=1S/C23H38N4O2/c1-21-8-6-17(28)13-15(21)3-4-19-18(21)7-9-22(2)16(5-10-23(19,22)29)14-26-27-20-24-11-12-25-20/h14-19,28-29H,3-13H2,1-2H3,(H2,24,25,27)/b26-14+/t15-,16-,17+,18?,19?,21+,22-,23+/m1/s1. The van der Waals surface area contributed by atoms with Crippen LogP contribution >= 0.6 is 0 Å². The molecular weight excluding hydrogens is 364 g/mol. The van der Waals surface area contributed by atoms with Crippen LogP contribution in [0.5, 0.6) is 0 Å². The van der Waals surface area contributed by atoms with Crippen molar-refractivity contribution < 1.29 is 10.2 Å². The molecule has 1 heterocycles. The quantitative estimate of drug-likeness (QED) is 0.422. The summed E-state index contributed by atoms with van der Waals surface area (Å²) >= 11 is 0. The Labute approximate surface area is 174 Å². The van der Waals surface area contributed by atoms with Gasteiger partial charge in [0.25, 0.3) is 0 Å². The van der Waals surface area contributed by atoms with Gasteiger partial charge in [0.2, 0.25) is 5.96 Å². The zero-order chi connectivity index (χ0) is 20.3. The molecule has 0 amide bonds. The van der Waals surface area contributed by atoms with E-state index in [9.17, 15) is 10.2 Å². The number of nitrogens with zero attached hydrogens (tertiary/aromatic N) is 2. The largest absolute Gasteiger partial charge is 0.393 e. The number of hydrogen-bond acceptors (Lipinski definition) is 6. The average Bonchev–Trinajstić information content (AvgIpc) is 3.30. The van der Waals surface area contributed by atoms with Gasteiger partial charge in [-0.15, -0.1) is 0 Å². The van der Waals surface area contributed by atoms with Crippen LogP contribution in [0, 0.1) is 34.5 Å². The second-order valence-electron chi connectivity index (χ2n) is 11.0. The Balaban J connectivity index is 1.35. The molecule has 162 valence electrons. The van der Waals surface area contributed by atoms with Crippen molar-refractivity contribution in [3.05, 3.63) is 0 Å². The Kier molecular flexibility index (Phi) is 4.74. The smallest absolute Gasteiger partial charge is 0.212 e. The number of hydrazone groups is 1. The summed E-state index contributed by atoms with van der Waals surface area (Å²) in [4.78, 5) is 4.33. The van der Waals surface area contributed by atoms with Crippen molar-refractivity contribution in [1.82, 2.24) is 10.7 Å². The highest BCUT2D eigenvalue weighted by Gasteiger charge is 2.66. The summed E-state index contributed by atoms with van der Waals surface area (Å²) in [5.74, 6) is 2.68. The molecule has 4 N–H and O–H groups in total. The highest BCUT2D eigenvalue weighted by Crippen LogP contribution is 2.68. The van der Waals surface area contributed by atoms with E-state index in [2.05, 4.69) is 34.7 Å². The van der Waals surface area contributed by atoms with Crippen molar-refractivity contribution in [1.29, 1.82) is 0 Å². The van der Waals surface area contributed by atoms with Crippen LogP contribution in [-0.2, 0) is 0 Å². The van der Waals surface area contributed by atoms with E-state index in [4.69, 9.17) is 0 Å². The van der Waals surface area contributed by atoms with E-state index < -0.39 is 5.60 Å². The molecule has 0 spiro atoms. The molecule has 5 aliphatic rings. The maximum atomic E-state index is 12.1. The summed E-state index contributed by atoms with van der Waals surface area (Å²) in [5.41, 5.74) is 2.65. The molecule has 0 aromatic heterocycles. The Bertz CT molecular complexity index is 711. The predicted octanol–water partition coefficient (Wildman–Crippen LogP) is 2.66. The lowest BCUT2D eigenvalue weighted by molar-refractivity contribution is -0.206. The molecule has 0 radical (unpaired) electrons. The fourth-order valence-electron chi connectivity index (χ4n) is 8.14. The molecule has 6 heteroatoms. The van der Waals surface area contributed by atoms with Crippen LogP contribution in [0.25, 0.3) is 0 Å². The van der Waals surface area contributed by atoms with Crippen molar-refractivity contribution in [3.8, 4) is 0 Å². The van der Waals surface area contributed by atoms with Gasteiger partial charge in [-0.25, -0.2) is 10.4 Å². The molecule has 8 atom stereocenters. The van der Waals surface area contributed by atoms with E-state index in [-0.39, 0.29) is 11.5 Å². The second-order valence-corrected chi connectivity index (χ2v) is 11.0. The van der Waals surface area contributed by atoms with Crippen LogP contribution in [0.2, 0.25) is 0 Å². The molecule has 29 heavy (non-hydrogen) atoms. The first-order valence-electron chi connectivity index (χ1n) is 11.8. The van der Waals surface area contributed by atoms with Gasteiger partial charge in [0.05, 0.1) is 18.2 Å². The summed E-state index contributed by atoms with van der Waals surface area (Å²) in [6.07, 6.45) is 11.4. The van der Waals surface area contributed by atoms with Crippen molar-refractivity contribution >= 4 is 12.2 Å². The molecule has 0 aromatic rings. The molecule has 0 bridgehead atoms. The minimum Gasteiger partial charge on any atom is -0.393 e. The van der Waals surface area contributed by atoms with E-state index in [0.29, 0.717) is 29.1 Å². The second kappa shape index (κ2) is 6.94. The first-order chi connectivity index (χ1) is 13.9. The minimum absolute atomic E-state index is 0.0956. The number of aliphatic imine (C=N–C) groups is 1. The Hall–Kier alpha value is -1.14. The van der Waals surface area contributed by atoms with E-state index in [1.54, 1.807) is 0 Å². The van der Waals surface area contributed by atoms with Gasteiger partial charge in [-0.2, -0.15) is 5.10 Å². The third kappa shape index (κ3) is 2.88. The maximum Gasteiger partial charge on any atom is 0.212 e. The predicted molar refractivity (Wildman–Crippen MR) is 115 cm³/mol. The van der Waals surface area contributed by atoms with E-state index >= 15 is 0 Å². The van der Waals surface area contributed by atoms with Gasteiger partial charge in [0.15, 0.2) is 0 Å². The molecule has 2 unspecified atom stereocenters. The van der Waals surface area contributed by atoms with Crippen molar-refractivity contribution in [2.75, 3.05) is 13.1 Å². The summed E-state index contributed by atoms with van der Waals surface area (Å²) in [6.45, 7) is 6.47. The highest BCUT2D eigenvalue weighted by atomic mass is 16.3. The van der Waals surface area contributed by atoms with Crippen LogP contribution in [0.1, 0.15) is 71.6 Å². The first kappa shape index (κ1) is 19.8. The van der Waals surface area contributed by atoms with Crippen molar-refractivity contribution in [2.24, 2.45) is 44.6 Å². The zero-order valence-electron chi connectivity index (χ0n) is 18.0. The van der Waals surface area contributed by atoms with E-state index in [0.717, 1.165) is 64.0 Å². The summed E-state index contributed by atoms with van der Waals surface area (Å²) < 4.78 is 0. The zero-order valence-corrected chi connectivity index (χ0v) is 18.0. The molecule has 0 aromatic carbocycles. The lowest BCUT2D eigenvalue weighted by Gasteiger charge is -2.63. The third-order valence-electron chi connectivity index (χ3n) is 10.00. The molecular formula is C23H38N4O2. The Morgan fingerprint density at radius 2 is 1.97 bits per heavy atom. The highest BCUT2D eigenvalue weighted by molar-refractivity contribution is 5.81. The number of fused-ring (bicyclic) bond motifs is 5. The van der Waals surface area contributed by atoms with Gasteiger partial charge in [-0.05, 0) is 81.0 Å². The number of nitrogens with one attached hydrogen (secondary N) is 2. The lowest BCUT2D eigenvalue weighted by Crippen LogP contribution is -2.62. The van der Waals surface area contributed by atoms with Gasteiger partial charge in [-0.3, -0.25) is 0 Å². The number of aliphatic hydroxyl groups is 2. The number of hydrogen-bond donors (Lipinski definition) is 4. The van der Waals surface area contributed by atoms with E-state index in [1.807, 2.05) is 6.21 Å². The van der Waals surface area contributed by atoms with Crippen LogP contribution in [-0.4, -0.2) is 47.2 Å². The number of aliphatic hydroxyl groups excluding tert-OH is 1. The van der Waals surface area contributed by atoms with Gasteiger partial charge < -0.3 is 15.5 Å². The molecule has 4 aliphatic carbocycles. The monoisotopic (exact) mass is 402 g/mol. The van der Waals surface area contributed by atoms with Gasteiger partial charge in [0, 0.05) is 24.1 Å². The van der Waals surface area contributed by atoms with Crippen LogP contribution in [0.15, 0.2) is 10.1 Å². The van der Waals surface area contributed by atoms with Crippen LogP contribution < -0.4 is 10.7 Å². The van der Waals surface area contributed by atoms with Gasteiger partial charge >= 0.3 is 0 Å². The first-order valence-corrected chi connectivity index (χ1v) is 11.8. The third-order valence-corrected chi connectivity index (χ3v) is 10.00. The topological polar surface area (TPSA) is 89.2 Å². The number of rotatable bonds is 2. The summed E-state index contributed by atoms with van der Waals surface area (Å²) in [6, 6.07) is 0. The number of guanidine groups is 1. The Morgan fingerprint density at radius 3 is 2.76 bits per heavy atom. The summed E-state index contributed by atoms with van der Waals surface area (Å²) in [7, 11) is 0. The normalized spacial score (nSPS) is 51.7. The Morgan fingerprint density at radius 1 is 1.10 bits per heavy atom. The van der Waals surface area contributed by atoms with E-state index in [1.165, 1.54) is 12.8 Å². The average molecular weight is 403 g/mol. The maximum absolute atomic E-state index is 12.1. The summed E-state index contributed by atoms with van der Waals surface area (Å²) in [5, 5.41) is 30.0. The van der Waals surface area contributed by atoms with Crippen molar-refractivity contribution in [3.63, 3.8) is 0 Å². The van der Waals surface area contributed by atoms with Gasteiger partial charge in [-0.1, -0.05) is 13.8 Å². The fraction of sp³-hybridized carbons (Fsp3) is 0.913. The van der Waals surface area contributed by atoms with Crippen molar-refractivity contribution in [2.45, 2.75) is 83.3 Å². The lowest BCUT2D eigenvalue weighted by atomic mass is 9.43. The van der Waals surface area contributed by atoms with Crippen LogP contribution in [0.4, 0.5) is 0 Å². The molecule has 1 aliphatic heterocycles. The minimum atomic E-state index is -0.584. The van der Waals surface area contributed by atoms with Crippen LogP contribution in [0.3, 0.4) is 0 Å². The fourth-order valence-corrected chi connectivity index (χ4v) is 8.14. The SMILES string of the molecule is C[C@]12CC[C@H](O)C[C@H]1CCC1C2CC[C@]2(C)[C@@H](/C=N/NC3=NCCN3)CC[C@]12O. The molecule has 5 rings (SSSR count). The molecule has 0 saturated heterocycles. The molecule has 4 fully saturated rings. The van der Waals surface area contributed by atoms with Gasteiger partial charge in [0.1, 0.15) is 0 Å². The molecule has 4 saturated carbocycles. The molecule has 6 nitrogen and oxygen atoms in total.